The van der Waals surface area contributed by atoms with E-state index in [0.717, 1.165) is 36.8 Å². The Hall–Kier alpha value is -1.97. The largest absolute Gasteiger partial charge is 0.508 e. The molecule has 0 bridgehead atoms. The van der Waals surface area contributed by atoms with Crippen LogP contribution in [0.25, 0.3) is 10.9 Å². The number of aromatic nitrogens is 1. The van der Waals surface area contributed by atoms with Crippen LogP contribution >= 0.6 is 0 Å². The second-order valence-electron chi connectivity index (χ2n) is 4.81. The standard InChI is InChI=1S/C14H16N2O2/c17-11-5-4-10-8-13(15-12(10)9-11)14(18)16-6-2-1-3-7-16/h4-5,8-9,15,17H,1-3,6-7H2. The summed E-state index contributed by atoms with van der Waals surface area (Å²) in [5.74, 6) is 0.270. The van der Waals surface area contributed by atoms with Crippen LogP contribution in [0, 0.1) is 0 Å². The maximum absolute atomic E-state index is 12.3. The zero-order valence-corrected chi connectivity index (χ0v) is 10.1. The lowest BCUT2D eigenvalue weighted by molar-refractivity contribution is 0.0719. The summed E-state index contributed by atoms with van der Waals surface area (Å²) in [4.78, 5) is 17.3. The van der Waals surface area contributed by atoms with Crippen LogP contribution in [-0.4, -0.2) is 34.0 Å². The van der Waals surface area contributed by atoms with Crippen molar-refractivity contribution in [3.05, 3.63) is 30.0 Å². The third-order valence-electron chi connectivity index (χ3n) is 3.48. The molecule has 0 spiro atoms. The predicted octanol–water partition coefficient (Wildman–Crippen LogP) is 2.50. The minimum Gasteiger partial charge on any atom is -0.508 e. The normalized spacial score (nSPS) is 16.1. The molecule has 2 heterocycles. The lowest BCUT2D eigenvalue weighted by Gasteiger charge is -2.26. The van der Waals surface area contributed by atoms with E-state index in [4.69, 9.17) is 0 Å². The number of benzene rings is 1. The summed E-state index contributed by atoms with van der Waals surface area (Å²) in [6.07, 6.45) is 3.39. The van der Waals surface area contributed by atoms with E-state index in [-0.39, 0.29) is 11.7 Å². The van der Waals surface area contributed by atoms with Crippen LogP contribution in [0.2, 0.25) is 0 Å². The Morgan fingerprint density at radius 3 is 2.72 bits per heavy atom. The second-order valence-corrected chi connectivity index (χ2v) is 4.81. The number of likely N-dealkylation sites (tertiary alicyclic amines) is 1. The summed E-state index contributed by atoms with van der Waals surface area (Å²) in [5.41, 5.74) is 1.41. The van der Waals surface area contributed by atoms with E-state index in [9.17, 15) is 9.90 Å². The monoisotopic (exact) mass is 244 g/mol. The molecule has 0 atom stereocenters. The van der Waals surface area contributed by atoms with Gasteiger partial charge in [0.05, 0.1) is 0 Å². The fourth-order valence-electron chi connectivity index (χ4n) is 2.50. The van der Waals surface area contributed by atoms with Gasteiger partial charge in [-0.25, -0.2) is 0 Å². The minimum atomic E-state index is 0.0605. The first-order valence-corrected chi connectivity index (χ1v) is 6.35. The molecule has 4 heteroatoms. The number of H-pyrrole nitrogens is 1. The molecule has 1 saturated heterocycles. The maximum Gasteiger partial charge on any atom is 0.270 e. The van der Waals surface area contributed by atoms with E-state index >= 15 is 0 Å². The maximum atomic E-state index is 12.3. The lowest BCUT2D eigenvalue weighted by atomic mass is 10.1. The highest BCUT2D eigenvalue weighted by Crippen LogP contribution is 2.22. The molecule has 0 aliphatic carbocycles. The Bertz CT molecular complexity index is 582. The number of nitrogens with zero attached hydrogens (tertiary/aromatic N) is 1. The van der Waals surface area contributed by atoms with Crippen molar-refractivity contribution in [1.29, 1.82) is 0 Å². The number of phenolic OH excluding ortho intramolecular Hbond substituents is 1. The highest BCUT2D eigenvalue weighted by molar-refractivity contribution is 5.98. The number of nitrogens with one attached hydrogen (secondary N) is 1. The van der Waals surface area contributed by atoms with Crippen LogP contribution in [-0.2, 0) is 0 Å². The van der Waals surface area contributed by atoms with Gasteiger partial charge in [-0.1, -0.05) is 0 Å². The molecule has 2 N–H and O–H groups in total. The number of fused-ring (bicyclic) bond motifs is 1. The van der Waals surface area contributed by atoms with E-state index in [0.29, 0.717) is 5.69 Å². The molecule has 0 unspecified atom stereocenters. The van der Waals surface area contributed by atoms with Gasteiger partial charge in [0.1, 0.15) is 11.4 Å². The summed E-state index contributed by atoms with van der Waals surface area (Å²) in [7, 11) is 0. The molecule has 0 saturated carbocycles. The van der Waals surface area contributed by atoms with Gasteiger partial charge in [-0.2, -0.15) is 0 Å². The predicted molar refractivity (Wildman–Crippen MR) is 69.7 cm³/mol. The Labute approximate surface area is 105 Å². The summed E-state index contributed by atoms with van der Waals surface area (Å²) in [6, 6.07) is 6.94. The molecular weight excluding hydrogens is 228 g/mol. The number of aromatic hydroxyl groups is 1. The molecule has 4 nitrogen and oxygen atoms in total. The molecule has 1 aromatic heterocycles. The van der Waals surface area contributed by atoms with Gasteiger partial charge < -0.3 is 15.0 Å². The van der Waals surface area contributed by atoms with E-state index in [1.165, 1.54) is 6.42 Å². The Morgan fingerprint density at radius 1 is 1.17 bits per heavy atom. The fraction of sp³-hybridized carbons (Fsp3) is 0.357. The SMILES string of the molecule is O=C(c1cc2ccc(O)cc2[nH]1)N1CCCCC1. The number of carbonyl (C=O) groups excluding carboxylic acids is 1. The summed E-state index contributed by atoms with van der Waals surface area (Å²) in [6.45, 7) is 1.69. The topological polar surface area (TPSA) is 56.3 Å². The number of amides is 1. The first kappa shape index (κ1) is 11.1. The van der Waals surface area contributed by atoms with Gasteiger partial charge in [0.25, 0.3) is 5.91 Å². The zero-order valence-electron chi connectivity index (χ0n) is 10.1. The van der Waals surface area contributed by atoms with Crippen molar-refractivity contribution in [3.63, 3.8) is 0 Å². The molecule has 1 aromatic carbocycles. The summed E-state index contributed by atoms with van der Waals surface area (Å²) < 4.78 is 0. The van der Waals surface area contributed by atoms with Crippen molar-refractivity contribution in [3.8, 4) is 5.75 Å². The molecule has 18 heavy (non-hydrogen) atoms. The third-order valence-corrected chi connectivity index (χ3v) is 3.48. The highest BCUT2D eigenvalue weighted by atomic mass is 16.3. The van der Waals surface area contributed by atoms with Gasteiger partial charge >= 0.3 is 0 Å². The van der Waals surface area contributed by atoms with Gasteiger partial charge in [-0.15, -0.1) is 0 Å². The smallest absolute Gasteiger partial charge is 0.270 e. The number of piperidine rings is 1. The van der Waals surface area contributed by atoms with Crippen molar-refractivity contribution in [2.24, 2.45) is 0 Å². The van der Waals surface area contributed by atoms with Crippen LogP contribution in [0.15, 0.2) is 24.3 Å². The van der Waals surface area contributed by atoms with Crippen LogP contribution in [0.3, 0.4) is 0 Å². The number of aromatic amines is 1. The highest BCUT2D eigenvalue weighted by Gasteiger charge is 2.19. The molecule has 3 rings (SSSR count). The van der Waals surface area contributed by atoms with Crippen molar-refractivity contribution in [2.45, 2.75) is 19.3 Å². The first-order chi connectivity index (χ1) is 8.74. The number of rotatable bonds is 1. The molecule has 1 aliphatic rings. The summed E-state index contributed by atoms with van der Waals surface area (Å²) in [5, 5.41) is 10.4. The second kappa shape index (κ2) is 4.37. The molecule has 0 radical (unpaired) electrons. The van der Waals surface area contributed by atoms with Gasteiger partial charge in [-0.3, -0.25) is 4.79 Å². The van der Waals surface area contributed by atoms with Crippen molar-refractivity contribution >= 4 is 16.8 Å². The van der Waals surface area contributed by atoms with Crippen LogP contribution in [0.5, 0.6) is 5.75 Å². The first-order valence-electron chi connectivity index (χ1n) is 6.35. The van der Waals surface area contributed by atoms with Crippen LogP contribution in [0.1, 0.15) is 29.8 Å². The van der Waals surface area contributed by atoms with Crippen molar-refractivity contribution < 1.29 is 9.90 Å². The minimum absolute atomic E-state index is 0.0605. The average molecular weight is 244 g/mol. The van der Waals surface area contributed by atoms with E-state index in [1.807, 2.05) is 17.0 Å². The van der Waals surface area contributed by atoms with E-state index in [1.54, 1.807) is 12.1 Å². The van der Waals surface area contributed by atoms with Gasteiger partial charge in [-0.05, 0) is 37.5 Å². The number of carbonyl (C=O) groups is 1. The van der Waals surface area contributed by atoms with Crippen LogP contribution in [0.4, 0.5) is 0 Å². The zero-order chi connectivity index (χ0) is 12.5. The van der Waals surface area contributed by atoms with Crippen molar-refractivity contribution in [2.75, 3.05) is 13.1 Å². The van der Waals surface area contributed by atoms with Gasteiger partial charge in [0, 0.05) is 30.1 Å². The fourth-order valence-corrected chi connectivity index (χ4v) is 2.50. The number of hydrogen-bond donors (Lipinski definition) is 2. The average Bonchev–Trinajstić information content (AvgIpc) is 2.81. The quantitative estimate of drug-likeness (QED) is 0.809. The van der Waals surface area contributed by atoms with Crippen molar-refractivity contribution in [1.82, 2.24) is 9.88 Å². The third kappa shape index (κ3) is 1.94. The van der Waals surface area contributed by atoms with E-state index < -0.39 is 0 Å². The summed E-state index contributed by atoms with van der Waals surface area (Å²) >= 11 is 0. The Kier molecular flexibility index (Phi) is 2.70. The molecule has 1 amide bonds. The van der Waals surface area contributed by atoms with Gasteiger partial charge in [0.2, 0.25) is 0 Å². The van der Waals surface area contributed by atoms with Crippen LogP contribution < -0.4 is 0 Å². The Morgan fingerprint density at radius 2 is 1.94 bits per heavy atom. The molecular formula is C14H16N2O2. The lowest BCUT2D eigenvalue weighted by Crippen LogP contribution is -2.35. The molecule has 94 valence electrons. The molecule has 1 fully saturated rings. The number of phenols is 1. The molecule has 2 aromatic rings. The van der Waals surface area contributed by atoms with E-state index in [2.05, 4.69) is 4.98 Å². The number of hydrogen-bond acceptors (Lipinski definition) is 2. The molecule has 1 aliphatic heterocycles. The van der Waals surface area contributed by atoms with Gasteiger partial charge in [0.15, 0.2) is 0 Å². The Balaban J connectivity index is 1.91.